The SMILES string of the molecule is COc1ccccc1CNC(=O)c1ccc(S(=O)(=O)NC2CCCC2)cc1. The number of hydrogen-bond acceptors (Lipinski definition) is 4. The summed E-state index contributed by atoms with van der Waals surface area (Å²) in [6.45, 7) is 0.326. The van der Waals surface area contributed by atoms with Crippen molar-refractivity contribution in [3.8, 4) is 5.75 Å². The predicted molar refractivity (Wildman–Crippen MR) is 103 cm³/mol. The minimum Gasteiger partial charge on any atom is -0.496 e. The third kappa shape index (κ3) is 4.87. The van der Waals surface area contributed by atoms with E-state index >= 15 is 0 Å². The Labute approximate surface area is 160 Å². The Bertz CT molecular complexity index is 888. The van der Waals surface area contributed by atoms with Gasteiger partial charge < -0.3 is 10.1 Å². The van der Waals surface area contributed by atoms with E-state index in [-0.39, 0.29) is 16.8 Å². The predicted octanol–water partition coefficient (Wildman–Crippen LogP) is 2.85. The van der Waals surface area contributed by atoms with Gasteiger partial charge in [0.25, 0.3) is 5.91 Å². The van der Waals surface area contributed by atoms with Gasteiger partial charge in [-0.15, -0.1) is 0 Å². The first-order valence-electron chi connectivity index (χ1n) is 9.02. The number of methoxy groups -OCH3 is 1. The average Bonchev–Trinajstić information content (AvgIpc) is 3.18. The fourth-order valence-corrected chi connectivity index (χ4v) is 4.55. The molecule has 0 atom stereocenters. The molecule has 1 aliphatic rings. The average molecular weight is 388 g/mol. The number of amides is 1. The molecule has 0 unspecified atom stereocenters. The molecule has 2 aromatic carbocycles. The Morgan fingerprint density at radius 1 is 1.07 bits per heavy atom. The lowest BCUT2D eigenvalue weighted by molar-refractivity contribution is 0.0950. The standard InChI is InChI=1S/C20H24N2O4S/c1-26-19-9-5-2-6-16(19)14-21-20(23)15-10-12-18(13-11-15)27(24,25)22-17-7-3-4-8-17/h2,5-6,9-13,17,22H,3-4,7-8,14H2,1H3,(H,21,23). The second kappa shape index (κ2) is 8.54. The number of sulfonamides is 1. The smallest absolute Gasteiger partial charge is 0.251 e. The number of carbonyl (C=O) groups excluding carboxylic acids is 1. The number of nitrogens with one attached hydrogen (secondary N) is 2. The second-order valence-corrected chi connectivity index (χ2v) is 8.34. The van der Waals surface area contributed by atoms with Crippen LogP contribution in [0.2, 0.25) is 0 Å². The first kappa shape index (κ1) is 19.4. The largest absolute Gasteiger partial charge is 0.496 e. The van der Waals surface area contributed by atoms with Gasteiger partial charge in [-0.2, -0.15) is 0 Å². The summed E-state index contributed by atoms with van der Waals surface area (Å²) >= 11 is 0. The number of rotatable bonds is 7. The van der Waals surface area contributed by atoms with Crippen LogP contribution in [0.25, 0.3) is 0 Å². The van der Waals surface area contributed by atoms with Gasteiger partial charge in [0, 0.05) is 23.7 Å². The Morgan fingerprint density at radius 3 is 2.41 bits per heavy atom. The summed E-state index contributed by atoms with van der Waals surface area (Å²) in [6.07, 6.45) is 3.86. The van der Waals surface area contributed by atoms with Crippen LogP contribution in [0.1, 0.15) is 41.6 Å². The zero-order valence-electron chi connectivity index (χ0n) is 15.3. The van der Waals surface area contributed by atoms with Crippen LogP contribution in [-0.2, 0) is 16.6 Å². The summed E-state index contributed by atoms with van der Waals surface area (Å²) < 4.78 is 32.9. The highest BCUT2D eigenvalue weighted by Crippen LogP contribution is 2.21. The van der Waals surface area contributed by atoms with Gasteiger partial charge in [-0.25, -0.2) is 13.1 Å². The molecule has 2 aromatic rings. The molecule has 1 fully saturated rings. The zero-order valence-corrected chi connectivity index (χ0v) is 16.1. The van der Waals surface area contributed by atoms with E-state index < -0.39 is 10.0 Å². The first-order chi connectivity index (χ1) is 13.0. The van der Waals surface area contributed by atoms with E-state index in [2.05, 4.69) is 10.0 Å². The molecule has 1 amide bonds. The van der Waals surface area contributed by atoms with Crippen LogP contribution >= 0.6 is 0 Å². The Morgan fingerprint density at radius 2 is 1.74 bits per heavy atom. The normalized spacial score (nSPS) is 14.9. The Kier molecular flexibility index (Phi) is 6.13. The molecule has 1 saturated carbocycles. The van der Waals surface area contributed by atoms with Crippen LogP contribution in [0.5, 0.6) is 5.75 Å². The van der Waals surface area contributed by atoms with Crippen LogP contribution in [0.4, 0.5) is 0 Å². The van der Waals surface area contributed by atoms with E-state index in [4.69, 9.17) is 4.74 Å². The maximum Gasteiger partial charge on any atom is 0.251 e. The van der Waals surface area contributed by atoms with Gasteiger partial charge >= 0.3 is 0 Å². The summed E-state index contributed by atoms with van der Waals surface area (Å²) in [7, 11) is -1.97. The molecule has 0 aliphatic heterocycles. The van der Waals surface area contributed by atoms with E-state index in [0.717, 1.165) is 31.2 Å². The maximum atomic E-state index is 12.4. The van der Waals surface area contributed by atoms with Crippen molar-refractivity contribution in [2.24, 2.45) is 0 Å². The van der Waals surface area contributed by atoms with Gasteiger partial charge in [-0.3, -0.25) is 4.79 Å². The summed E-state index contributed by atoms with van der Waals surface area (Å²) in [5, 5.41) is 2.82. The molecule has 2 N–H and O–H groups in total. The molecular weight excluding hydrogens is 364 g/mol. The zero-order chi connectivity index (χ0) is 19.3. The van der Waals surface area contributed by atoms with Crippen molar-refractivity contribution in [2.75, 3.05) is 7.11 Å². The van der Waals surface area contributed by atoms with E-state index in [1.165, 1.54) is 24.3 Å². The van der Waals surface area contributed by atoms with Crippen molar-refractivity contribution in [1.82, 2.24) is 10.0 Å². The molecular formula is C20H24N2O4S. The van der Waals surface area contributed by atoms with Gasteiger partial charge in [-0.1, -0.05) is 31.0 Å². The molecule has 0 saturated heterocycles. The minimum absolute atomic E-state index is 0.0128. The van der Waals surface area contributed by atoms with Crippen LogP contribution in [0.3, 0.4) is 0 Å². The highest BCUT2D eigenvalue weighted by Gasteiger charge is 2.23. The van der Waals surface area contributed by atoms with Gasteiger partial charge in [0.15, 0.2) is 0 Å². The van der Waals surface area contributed by atoms with Gasteiger partial charge in [0.1, 0.15) is 5.75 Å². The van der Waals surface area contributed by atoms with Crippen LogP contribution in [0.15, 0.2) is 53.4 Å². The van der Waals surface area contributed by atoms with Crippen molar-refractivity contribution in [1.29, 1.82) is 0 Å². The molecule has 27 heavy (non-hydrogen) atoms. The van der Waals surface area contributed by atoms with E-state index in [0.29, 0.717) is 17.9 Å². The number of benzene rings is 2. The Balaban J connectivity index is 1.63. The van der Waals surface area contributed by atoms with Crippen molar-refractivity contribution in [3.63, 3.8) is 0 Å². The third-order valence-corrected chi connectivity index (χ3v) is 6.27. The van der Waals surface area contributed by atoms with Crippen LogP contribution in [0, 0.1) is 0 Å². The molecule has 144 valence electrons. The molecule has 7 heteroatoms. The van der Waals surface area contributed by atoms with Gasteiger partial charge in [0.2, 0.25) is 10.0 Å². The van der Waals surface area contributed by atoms with Crippen molar-refractivity contribution < 1.29 is 17.9 Å². The van der Waals surface area contributed by atoms with Crippen molar-refractivity contribution in [2.45, 2.75) is 43.2 Å². The molecule has 0 radical (unpaired) electrons. The van der Waals surface area contributed by atoms with Crippen molar-refractivity contribution in [3.05, 3.63) is 59.7 Å². The third-order valence-electron chi connectivity index (χ3n) is 4.74. The second-order valence-electron chi connectivity index (χ2n) is 6.62. The van der Waals surface area contributed by atoms with Crippen LogP contribution in [-0.4, -0.2) is 27.5 Å². The first-order valence-corrected chi connectivity index (χ1v) is 10.5. The molecule has 0 bridgehead atoms. The summed E-state index contributed by atoms with van der Waals surface area (Å²) in [6, 6.07) is 13.5. The summed E-state index contributed by atoms with van der Waals surface area (Å²) in [5.74, 6) is 0.436. The summed E-state index contributed by atoms with van der Waals surface area (Å²) in [4.78, 5) is 12.5. The fraction of sp³-hybridized carbons (Fsp3) is 0.350. The van der Waals surface area contributed by atoms with Gasteiger partial charge in [-0.05, 0) is 43.2 Å². The highest BCUT2D eigenvalue weighted by molar-refractivity contribution is 7.89. The maximum absolute atomic E-state index is 12.4. The van der Waals surface area contributed by atoms with Crippen molar-refractivity contribution >= 4 is 15.9 Å². The van der Waals surface area contributed by atoms with E-state index in [1.54, 1.807) is 7.11 Å². The lowest BCUT2D eigenvalue weighted by Gasteiger charge is -2.13. The molecule has 6 nitrogen and oxygen atoms in total. The number of hydrogen-bond donors (Lipinski definition) is 2. The molecule has 0 aromatic heterocycles. The lowest BCUT2D eigenvalue weighted by Crippen LogP contribution is -2.32. The number of carbonyl (C=O) groups is 1. The number of para-hydroxylation sites is 1. The number of ether oxygens (including phenoxy) is 1. The van der Waals surface area contributed by atoms with E-state index in [1.807, 2.05) is 24.3 Å². The summed E-state index contributed by atoms with van der Waals surface area (Å²) in [5.41, 5.74) is 1.28. The topological polar surface area (TPSA) is 84.5 Å². The highest BCUT2D eigenvalue weighted by atomic mass is 32.2. The monoisotopic (exact) mass is 388 g/mol. The Hall–Kier alpha value is -2.38. The molecule has 0 spiro atoms. The van der Waals surface area contributed by atoms with E-state index in [9.17, 15) is 13.2 Å². The molecule has 0 heterocycles. The quantitative estimate of drug-likeness (QED) is 0.764. The molecule has 3 rings (SSSR count). The molecule has 1 aliphatic carbocycles. The lowest BCUT2D eigenvalue weighted by atomic mass is 10.2. The van der Waals surface area contributed by atoms with Gasteiger partial charge in [0.05, 0.1) is 12.0 Å². The van der Waals surface area contributed by atoms with Crippen LogP contribution < -0.4 is 14.8 Å². The minimum atomic E-state index is -3.55. The fourth-order valence-electron chi connectivity index (χ4n) is 3.24.